The highest BCUT2D eigenvalue weighted by Crippen LogP contribution is 2.28. The van der Waals surface area contributed by atoms with Gasteiger partial charge in [-0.05, 0) is 36.2 Å². The Labute approximate surface area is 193 Å². The predicted molar refractivity (Wildman–Crippen MR) is 129 cm³/mol. The normalized spacial score (nSPS) is 10.6. The first kappa shape index (κ1) is 22.1. The summed E-state index contributed by atoms with van der Waals surface area (Å²) in [6, 6.07) is 25.7. The molecule has 1 aromatic heterocycles. The number of hydrogen-bond acceptors (Lipinski definition) is 4. The van der Waals surface area contributed by atoms with E-state index in [4.69, 9.17) is 14.6 Å². The van der Waals surface area contributed by atoms with Gasteiger partial charge in [0.2, 0.25) is 5.91 Å². The molecule has 0 aliphatic carbocycles. The molecule has 0 unspecified atom stereocenters. The Balaban J connectivity index is 1.45. The first-order valence-corrected chi connectivity index (χ1v) is 10.8. The fourth-order valence-corrected chi connectivity index (χ4v) is 3.67. The van der Waals surface area contributed by atoms with Crippen LogP contribution in [0.3, 0.4) is 0 Å². The number of aryl methyl sites for hydroxylation is 1. The van der Waals surface area contributed by atoms with Gasteiger partial charge in [-0.1, -0.05) is 54.6 Å². The van der Waals surface area contributed by atoms with E-state index < -0.39 is 0 Å². The van der Waals surface area contributed by atoms with E-state index in [0.29, 0.717) is 30.9 Å². The second kappa shape index (κ2) is 10.5. The van der Waals surface area contributed by atoms with Gasteiger partial charge in [-0.15, -0.1) is 0 Å². The van der Waals surface area contributed by atoms with E-state index in [1.165, 1.54) is 0 Å². The number of rotatable bonds is 9. The zero-order valence-corrected chi connectivity index (χ0v) is 18.8. The highest BCUT2D eigenvalue weighted by molar-refractivity contribution is 5.76. The van der Waals surface area contributed by atoms with Crippen molar-refractivity contribution in [2.45, 2.75) is 19.4 Å². The highest BCUT2D eigenvalue weighted by atomic mass is 16.5. The van der Waals surface area contributed by atoms with Gasteiger partial charge in [0, 0.05) is 30.3 Å². The fourth-order valence-electron chi connectivity index (χ4n) is 3.67. The molecule has 0 aliphatic heterocycles. The summed E-state index contributed by atoms with van der Waals surface area (Å²) in [6.45, 7) is 0.405. The molecule has 0 aliphatic rings. The molecule has 3 aromatic carbocycles. The lowest BCUT2D eigenvalue weighted by Gasteiger charge is -2.10. The Bertz CT molecular complexity index is 1200. The quantitative estimate of drug-likeness (QED) is 0.405. The Hall–Kier alpha value is -4.06. The molecular formula is C27H27N3O3. The molecule has 1 N–H and O–H groups in total. The molecule has 0 spiro atoms. The van der Waals surface area contributed by atoms with Gasteiger partial charge in [-0.25, -0.2) is 4.68 Å². The lowest BCUT2D eigenvalue weighted by atomic mass is 10.1. The maximum absolute atomic E-state index is 12.6. The molecule has 1 amide bonds. The number of para-hydroxylation sites is 1. The van der Waals surface area contributed by atoms with Crippen LogP contribution in [0, 0.1) is 0 Å². The van der Waals surface area contributed by atoms with Crippen molar-refractivity contribution in [3.63, 3.8) is 0 Å². The summed E-state index contributed by atoms with van der Waals surface area (Å²) >= 11 is 0. The minimum atomic E-state index is -0.0174. The second-order valence-electron chi connectivity index (χ2n) is 7.62. The molecule has 0 saturated carbocycles. The molecular weight excluding hydrogens is 414 g/mol. The third-order valence-electron chi connectivity index (χ3n) is 5.42. The lowest BCUT2D eigenvalue weighted by molar-refractivity contribution is -0.121. The third-order valence-corrected chi connectivity index (χ3v) is 5.42. The molecule has 0 bridgehead atoms. The first-order valence-electron chi connectivity index (χ1n) is 10.8. The van der Waals surface area contributed by atoms with Crippen molar-refractivity contribution in [2.75, 3.05) is 14.2 Å². The SMILES string of the molecule is COc1ccc(CCC(=O)NCc2cn(-c3ccccc3)nc2-c2ccccc2)cc1OC. The second-order valence-corrected chi connectivity index (χ2v) is 7.62. The standard InChI is InChI=1S/C27H27N3O3/c1-32-24-15-13-20(17-25(24)33-2)14-16-26(31)28-18-22-19-30(23-11-7-4-8-12-23)29-27(22)21-9-5-3-6-10-21/h3-13,15,17,19H,14,16,18H2,1-2H3,(H,28,31). The van der Waals surface area contributed by atoms with Crippen LogP contribution < -0.4 is 14.8 Å². The van der Waals surface area contributed by atoms with Gasteiger partial charge >= 0.3 is 0 Å². The van der Waals surface area contributed by atoms with Crippen LogP contribution in [-0.4, -0.2) is 29.9 Å². The van der Waals surface area contributed by atoms with E-state index >= 15 is 0 Å². The number of nitrogens with one attached hydrogen (secondary N) is 1. The minimum Gasteiger partial charge on any atom is -0.493 e. The molecule has 0 atom stereocenters. The number of carbonyl (C=O) groups is 1. The number of methoxy groups -OCH3 is 2. The van der Waals surface area contributed by atoms with E-state index in [0.717, 1.165) is 28.1 Å². The van der Waals surface area contributed by atoms with Crippen LogP contribution in [0.4, 0.5) is 0 Å². The number of carbonyl (C=O) groups excluding carboxylic acids is 1. The summed E-state index contributed by atoms with van der Waals surface area (Å²) in [6.07, 6.45) is 2.97. The highest BCUT2D eigenvalue weighted by Gasteiger charge is 2.14. The number of nitrogens with zero attached hydrogens (tertiary/aromatic N) is 2. The predicted octanol–water partition coefficient (Wildman–Crippen LogP) is 4.81. The first-order chi connectivity index (χ1) is 16.2. The van der Waals surface area contributed by atoms with Crippen LogP contribution in [0.1, 0.15) is 17.5 Å². The molecule has 6 nitrogen and oxygen atoms in total. The smallest absolute Gasteiger partial charge is 0.220 e. The largest absolute Gasteiger partial charge is 0.493 e. The van der Waals surface area contributed by atoms with Crippen LogP contribution in [0.5, 0.6) is 11.5 Å². The van der Waals surface area contributed by atoms with Crippen molar-refractivity contribution in [3.05, 3.63) is 96.2 Å². The van der Waals surface area contributed by atoms with Crippen LogP contribution >= 0.6 is 0 Å². The third kappa shape index (κ3) is 5.41. The summed E-state index contributed by atoms with van der Waals surface area (Å²) in [5.74, 6) is 1.32. The van der Waals surface area contributed by atoms with Crippen molar-refractivity contribution < 1.29 is 14.3 Å². The van der Waals surface area contributed by atoms with E-state index in [2.05, 4.69) is 5.32 Å². The molecule has 0 radical (unpaired) electrons. The molecule has 1 heterocycles. The number of benzene rings is 3. The van der Waals surface area contributed by atoms with Gasteiger partial charge in [0.15, 0.2) is 11.5 Å². The van der Waals surface area contributed by atoms with E-state index in [-0.39, 0.29) is 5.91 Å². The van der Waals surface area contributed by atoms with Gasteiger partial charge in [-0.3, -0.25) is 4.79 Å². The number of amides is 1. The number of aromatic nitrogens is 2. The maximum Gasteiger partial charge on any atom is 0.220 e. The monoisotopic (exact) mass is 441 g/mol. The summed E-state index contributed by atoms with van der Waals surface area (Å²) in [4.78, 5) is 12.6. The van der Waals surface area contributed by atoms with E-state index in [9.17, 15) is 4.79 Å². The van der Waals surface area contributed by atoms with Crippen molar-refractivity contribution in [1.82, 2.24) is 15.1 Å². The zero-order chi connectivity index (χ0) is 23.0. The van der Waals surface area contributed by atoms with Crippen LogP contribution in [-0.2, 0) is 17.8 Å². The average molecular weight is 442 g/mol. The van der Waals surface area contributed by atoms with Crippen LogP contribution in [0.2, 0.25) is 0 Å². The minimum absolute atomic E-state index is 0.0174. The summed E-state index contributed by atoms with van der Waals surface area (Å²) in [7, 11) is 3.21. The Morgan fingerprint density at radius 3 is 2.30 bits per heavy atom. The summed E-state index contributed by atoms with van der Waals surface area (Å²) in [5.41, 5.74) is 4.83. The van der Waals surface area contributed by atoms with Gasteiger partial charge in [0.25, 0.3) is 0 Å². The van der Waals surface area contributed by atoms with Crippen molar-refractivity contribution in [1.29, 1.82) is 0 Å². The fraction of sp³-hybridized carbons (Fsp3) is 0.185. The average Bonchev–Trinajstić information content (AvgIpc) is 3.31. The molecule has 33 heavy (non-hydrogen) atoms. The number of ether oxygens (including phenoxy) is 2. The van der Waals surface area contributed by atoms with Crippen molar-refractivity contribution in [2.24, 2.45) is 0 Å². The lowest BCUT2D eigenvalue weighted by Crippen LogP contribution is -2.23. The van der Waals surface area contributed by atoms with Gasteiger partial charge < -0.3 is 14.8 Å². The summed E-state index contributed by atoms with van der Waals surface area (Å²) in [5, 5.41) is 7.84. The number of hydrogen-bond donors (Lipinski definition) is 1. The Kier molecular flexibility index (Phi) is 7.05. The topological polar surface area (TPSA) is 65.4 Å². The van der Waals surface area contributed by atoms with Gasteiger partial charge in [0.1, 0.15) is 0 Å². The van der Waals surface area contributed by atoms with Crippen molar-refractivity contribution >= 4 is 5.91 Å². The van der Waals surface area contributed by atoms with E-state index in [1.807, 2.05) is 89.7 Å². The molecule has 4 aromatic rings. The van der Waals surface area contributed by atoms with Crippen LogP contribution in [0.15, 0.2) is 85.1 Å². The Morgan fingerprint density at radius 2 is 1.61 bits per heavy atom. The molecule has 168 valence electrons. The van der Waals surface area contributed by atoms with E-state index in [1.54, 1.807) is 14.2 Å². The molecule has 6 heteroatoms. The van der Waals surface area contributed by atoms with Gasteiger partial charge in [-0.2, -0.15) is 5.10 Å². The molecule has 0 saturated heterocycles. The zero-order valence-electron chi connectivity index (χ0n) is 18.8. The van der Waals surface area contributed by atoms with Crippen LogP contribution in [0.25, 0.3) is 16.9 Å². The maximum atomic E-state index is 12.6. The molecule has 4 rings (SSSR count). The summed E-state index contributed by atoms with van der Waals surface area (Å²) < 4.78 is 12.5. The Morgan fingerprint density at radius 1 is 0.909 bits per heavy atom. The molecule has 0 fully saturated rings. The van der Waals surface area contributed by atoms with Gasteiger partial charge in [0.05, 0.1) is 25.6 Å². The van der Waals surface area contributed by atoms with Crippen molar-refractivity contribution in [3.8, 4) is 28.4 Å².